The van der Waals surface area contributed by atoms with E-state index >= 15 is 0 Å². The van der Waals surface area contributed by atoms with E-state index in [1.54, 1.807) is 12.1 Å². The molecule has 1 aromatic carbocycles. The Labute approximate surface area is 127 Å². The van der Waals surface area contributed by atoms with Crippen LogP contribution in [0.5, 0.6) is 0 Å². The van der Waals surface area contributed by atoms with Gasteiger partial charge in [-0.05, 0) is 48.5 Å². The Morgan fingerprint density at radius 2 is 1.82 bits per heavy atom. The van der Waals surface area contributed by atoms with Gasteiger partial charge >= 0.3 is 0 Å². The Morgan fingerprint density at radius 3 is 2.50 bits per heavy atom. The van der Waals surface area contributed by atoms with E-state index in [-0.39, 0.29) is 18.1 Å². The standard InChI is InChI=1S/C17H14FN3O/c18-15-4-3-9-19-16(15)12-20-17(22)13-5-7-14(8-6-13)21-10-1-2-11-21/h1-11H,12H2,(H,20,22). The summed E-state index contributed by atoms with van der Waals surface area (Å²) in [5, 5.41) is 2.66. The Hall–Kier alpha value is -2.95. The number of halogens is 1. The summed E-state index contributed by atoms with van der Waals surface area (Å²) in [6, 6.07) is 13.9. The van der Waals surface area contributed by atoms with Gasteiger partial charge in [0.1, 0.15) is 5.82 Å². The first kappa shape index (κ1) is 14.0. The van der Waals surface area contributed by atoms with Crippen LogP contribution in [-0.4, -0.2) is 15.5 Å². The lowest BCUT2D eigenvalue weighted by molar-refractivity contribution is 0.0950. The Kier molecular flexibility index (Phi) is 3.96. The van der Waals surface area contributed by atoms with Crippen LogP contribution in [0.4, 0.5) is 4.39 Å². The van der Waals surface area contributed by atoms with E-state index in [1.807, 2.05) is 41.2 Å². The highest BCUT2D eigenvalue weighted by molar-refractivity contribution is 5.94. The smallest absolute Gasteiger partial charge is 0.251 e. The van der Waals surface area contributed by atoms with Crippen molar-refractivity contribution in [3.8, 4) is 5.69 Å². The van der Waals surface area contributed by atoms with E-state index in [2.05, 4.69) is 10.3 Å². The lowest BCUT2D eigenvalue weighted by Gasteiger charge is -2.07. The van der Waals surface area contributed by atoms with E-state index in [4.69, 9.17) is 0 Å². The second-order valence-electron chi connectivity index (χ2n) is 4.75. The largest absolute Gasteiger partial charge is 0.346 e. The number of benzene rings is 1. The van der Waals surface area contributed by atoms with Gasteiger partial charge in [0.2, 0.25) is 0 Å². The Bertz CT molecular complexity index is 767. The summed E-state index contributed by atoms with van der Waals surface area (Å²) in [5.74, 6) is -0.685. The van der Waals surface area contributed by atoms with Crippen molar-refractivity contribution in [2.75, 3.05) is 0 Å². The SMILES string of the molecule is O=C(NCc1ncccc1F)c1ccc(-n2cccc2)cc1. The molecule has 110 valence electrons. The third-order valence-electron chi connectivity index (χ3n) is 3.28. The molecular weight excluding hydrogens is 281 g/mol. The third kappa shape index (κ3) is 3.03. The van der Waals surface area contributed by atoms with Gasteiger partial charge in [0, 0.05) is 29.8 Å². The van der Waals surface area contributed by atoms with Crippen LogP contribution in [0, 0.1) is 5.82 Å². The molecule has 0 aliphatic rings. The summed E-state index contributed by atoms with van der Waals surface area (Å²) in [4.78, 5) is 16.0. The topological polar surface area (TPSA) is 46.9 Å². The zero-order chi connectivity index (χ0) is 15.4. The Balaban J connectivity index is 1.67. The summed E-state index contributed by atoms with van der Waals surface area (Å²) in [7, 11) is 0. The van der Waals surface area contributed by atoms with Crippen molar-refractivity contribution in [2.24, 2.45) is 0 Å². The second kappa shape index (κ2) is 6.22. The molecule has 0 saturated heterocycles. The summed E-state index contributed by atoms with van der Waals surface area (Å²) in [5.41, 5.74) is 1.71. The number of amides is 1. The first-order valence-corrected chi connectivity index (χ1v) is 6.85. The molecule has 4 nitrogen and oxygen atoms in total. The fraction of sp³-hybridized carbons (Fsp3) is 0.0588. The van der Waals surface area contributed by atoms with Crippen molar-refractivity contribution < 1.29 is 9.18 Å². The van der Waals surface area contributed by atoms with Crippen LogP contribution in [0.1, 0.15) is 16.1 Å². The quantitative estimate of drug-likeness (QED) is 0.804. The van der Waals surface area contributed by atoms with Gasteiger partial charge in [0.25, 0.3) is 5.91 Å². The summed E-state index contributed by atoms with van der Waals surface area (Å²) in [6.07, 6.45) is 5.36. The van der Waals surface area contributed by atoms with Crippen molar-refractivity contribution in [2.45, 2.75) is 6.54 Å². The van der Waals surface area contributed by atoms with E-state index in [0.717, 1.165) is 5.69 Å². The van der Waals surface area contributed by atoms with E-state index in [1.165, 1.54) is 18.3 Å². The van der Waals surface area contributed by atoms with Crippen LogP contribution in [0.15, 0.2) is 67.1 Å². The van der Waals surface area contributed by atoms with Crippen LogP contribution in [0.3, 0.4) is 0 Å². The zero-order valence-corrected chi connectivity index (χ0v) is 11.7. The zero-order valence-electron chi connectivity index (χ0n) is 11.7. The van der Waals surface area contributed by atoms with Crippen molar-refractivity contribution >= 4 is 5.91 Å². The maximum Gasteiger partial charge on any atom is 0.251 e. The van der Waals surface area contributed by atoms with Crippen LogP contribution in [-0.2, 0) is 6.54 Å². The predicted octanol–water partition coefficient (Wildman–Crippen LogP) is 2.94. The first-order chi connectivity index (χ1) is 10.7. The van der Waals surface area contributed by atoms with Crippen LogP contribution < -0.4 is 5.32 Å². The van der Waals surface area contributed by atoms with Crippen LogP contribution >= 0.6 is 0 Å². The molecule has 0 aliphatic heterocycles. The minimum absolute atomic E-state index is 0.0604. The van der Waals surface area contributed by atoms with Gasteiger partial charge in [-0.2, -0.15) is 0 Å². The van der Waals surface area contributed by atoms with Crippen molar-refractivity contribution in [3.05, 3.63) is 84.2 Å². The van der Waals surface area contributed by atoms with Crippen molar-refractivity contribution in [1.29, 1.82) is 0 Å². The minimum atomic E-state index is -0.425. The highest BCUT2D eigenvalue weighted by Crippen LogP contribution is 2.10. The fourth-order valence-electron chi connectivity index (χ4n) is 2.11. The van der Waals surface area contributed by atoms with Gasteiger partial charge in [0.15, 0.2) is 0 Å². The molecule has 0 saturated carbocycles. The normalized spacial score (nSPS) is 10.4. The fourth-order valence-corrected chi connectivity index (χ4v) is 2.11. The molecule has 0 bridgehead atoms. The molecule has 3 rings (SSSR count). The molecule has 1 amide bonds. The average molecular weight is 295 g/mol. The Morgan fingerprint density at radius 1 is 1.09 bits per heavy atom. The molecule has 0 spiro atoms. The minimum Gasteiger partial charge on any atom is -0.346 e. The molecule has 5 heteroatoms. The van der Waals surface area contributed by atoms with Gasteiger partial charge < -0.3 is 9.88 Å². The molecule has 3 aromatic rings. The molecule has 0 unspecified atom stereocenters. The average Bonchev–Trinajstić information content (AvgIpc) is 3.08. The number of pyridine rings is 1. The number of carbonyl (C=O) groups is 1. The predicted molar refractivity (Wildman–Crippen MR) is 81.1 cm³/mol. The van der Waals surface area contributed by atoms with E-state index in [0.29, 0.717) is 5.56 Å². The molecule has 0 radical (unpaired) electrons. The maximum absolute atomic E-state index is 13.4. The molecule has 22 heavy (non-hydrogen) atoms. The third-order valence-corrected chi connectivity index (χ3v) is 3.28. The lowest BCUT2D eigenvalue weighted by atomic mass is 10.2. The number of nitrogens with zero attached hydrogens (tertiary/aromatic N) is 2. The van der Waals surface area contributed by atoms with Gasteiger partial charge in [-0.15, -0.1) is 0 Å². The molecule has 2 heterocycles. The monoisotopic (exact) mass is 295 g/mol. The molecular formula is C17H14FN3O. The van der Waals surface area contributed by atoms with E-state index in [9.17, 15) is 9.18 Å². The maximum atomic E-state index is 13.4. The van der Waals surface area contributed by atoms with Gasteiger partial charge in [-0.3, -0.25) is 9.78 Å². The first-order valence-electron chi connectivity index (χ1n) is 6.85. The molecule has 0 fully saturated rings. The van der Waals surface area contributed by atoms with Gasteiger partial charge in [-0.25, -0.2) is 4.39 Å². The highest BCUT2D eigenvalue weighted by atomic mass is 19.1. The van der Waals surface area contributed by atoms with Gasteiger partial charge in [0.05, 0.1) is 12.2 Å². The number of carbonyl (C=O) groups excluding carboxylic acids is 1. The number of nitrogens with one attached hydrogen (secondary N) is 1. The molecule has 0 atom stereocenters. The molecule has 1 N–H and O–H groups in total. The van der Waals surface area contributed by atoms with E-state index < -0.39 is 5.82 Å². The highest BCUT2D eigenvalue weighted by Gasteiger charge is 2.08. The lowest BCUT2D eigenvalue weighted by Crippen LogP contribution is -2.23. The number of hydrogen-bond acceptors (Lipinski definition) is 2. The number of rotatable bonds is 4. The summed E-state index contributed by atoms with van der Waals surface area (Å²) < 4.78 is 15.4. The van der Waals surface area contributed by atoms with Crippen LogP contribution in [0.2, 0.25) is 0 Å². The summed E-state index contributed by atoms with van der Waals surface area (Å²) >= 11 is 0. The summed E-state index contributed by atoms with van der Waals surface area (Å²) in [6.45, 7) is 0.0604. The van der Waals surface area contributed by atoms with Crippen LogP contribution in [0.25, 0.3) is 5.69 Å². The van der Waals surface area contributed by atoms with Gasteiger partial charge in [-0.1, -0.05) is 0 Å². The van der Waals surface area contributed by atoms with Crippen molar-refractivity contribution in [1.82, 2.24) is 14.9 Å². The number of aromatic nitrogens is 2. The second-order valence-corrected chi connectivity index (χ2v) is 4.75. The molecule has 2 aromatic heterocycles. The number of hydrogen-bond donors (Lipinski definition) is 1. The van der Waals surface area contributed by atoms with Crippen molar-refractivity contribution in [3.63, 3.8) is 0 Å². The molecule has 0 aliphatic carbocycles.